The number of aromatic hydroxyl groups is 2. The Bertz CT molecular complexity index is 4600. The number of carboxylic acids is 1. The number of fused-ring (bicyclic) bond motifs is 2. The first-order valence-corrected chi connectivity index (χ1v) is 27.6. The third-order valence-electron chi connectivity index (χ3n) is 11.2. The number of ether oxygens (including phenoxy) is 1. The van der Waals surface area contributed by atoms with E-state index in [2.05, 4.69) is 40.7 Å². The minimum Gasteiger partial charge on any atom is -0.507 e. The number of carboxylic acid groups (broad SMARTS) is 1. The molecule has 85 heavy (non-hydrogen) atoms. The van der Waals surface area contributed by atoms with Gasteiger partial charge in [0, 0.05) is 181 Å². The maximum atomic E-state index is 12.9. The number of aliphatic hydroxyl groups is 2. The molecule has 415 valence electrons. The topological polar surface area (TPSA) is 470 Å². The first kappa shape index (κ1) is 74.6. The molecule has 0 unspecified atom stereocenters. The summed E-state index contributed by atoms with van der Waals surface area (Å²) in [6.45, 7) is 0. The van der Waals surface area contributed by atoms with Crippen LogP contribution in [0.5, 0.6) is 17.2 Å². The molecule has 0 aromatic heterocycles. The predicted molar refractivity (Wildman–Crippen MR) is 313 cm³/mol. The normalized spacial score (nSPS) is 12.3. The minimum absolute atomic E-state index is 0. The van der Waals surface area contributed by atoms with E-state index in [-0.39, 0.29) is 204 Å². The average Bonchev–Trinajstić information content (AvgIpc) is 3.54. The number of methoxy groups -OCH3 is 1. The van der Waals surface area contributed by atoms with Crippen molar-refractivity contribution >= 4 is 279 Å². The Morgan fingerprint density at radius 1 is 0.482 bits per heavy atom. The molecule has 0 aliphatic heterocycles. The van der Waals surface area contributed by atoms with Crippen molar-refractivity contribution in [3.63, 3.8) is 0 Å². The number of phenolic OH excluding ortho intramolecular Hbond substituents is 1. The molecule has 8 rings (SSSR count). The molecule has 0 atom stereocenters. The molecule has 0 saturated carbocycles. The van der Waals surface area contributed by atoms with Crippen molar-refractivity contribution in [3.8, 4) is 17.2 Å². The number of azo groups is 3. The third-order valence-corrected chi connectivity index (χ3v) is 14.6. The van der Waals surface area contributed by atoms with Crippen molar-refractivity contribution in [2.45, 2.75) is 19.6 Å². The summed E-state index contributed by atoms with van der Waals surface area (Å²) in [6, 6.07) is 23.5. The molecule has 0 amide bonds. The second kappa shape index (κ2) is 30.0. The quantitative estimate of drug-likeness (QED) is 0.0108. The molecule has 8 aromatic carbocycles. The summed E-state index contributed by atoms with van der Waals surface area (Å²) in [6.07, 6.45) is 0. The zero-order valence-corrected chi connectivity index (χ0v) is 58.3. The molecule has 5 radical (unpaired) electrons. The Morgan fingerprint density at radius 2 is 1.06 bits per heavy atom. The predicted octanol–water partition coefficient (Wildman–Crippen LogP) is 8.29. The van der Waals surface area contributed by atoms with Crippen LogP contribution in [0.15, 0.2) is 188 Å². The zero-order chi connectivity index (χ0) is 58.2. The molecule has 0 bridgehead atoms. The molecule has 11 N–H and O–H groups in total. The number of hydrogen-bond acceptors (Lipinski definition) is 21. The maximum absolute atomic E-state index is 12.9. The van der Waals surface area contributed by atoms with Gasteiger partial charge in [0.25, 0.3) is 40.5 Å². The van der Waals surface area contributed by atoms with Gasteiger partial charge in [-0.15, -0.1) is 20.5 Å². The van der Waals surface area contributed by atoms with E-state index >= 15 is 0 Å². The number of nitrogen functional groups attached to an aromatic ring is 1. The van der Waals surface area contributed by atoms with E-state index in [1.807, 2.05) is 0 Å². The van der Waals surface area contributed by atoms with Gasteiger partial charge in [0.1, 0.15) is 43.9 Å². The van der Waals surface area contributed by atoms with Gasteiger partial charge in [-0.1, -0.05) is 18.2 Å². The number of carbonyl (C=O) groups is 1. The van der Waals surface area contributed by atoms with Gasteiger partial charge in [0.2, 0.25) is 11.8 Å². The molecular formula is C48H35N9Na5O19S4. The van der Waals surface area contributed by atoms with Gasteiger partial charge < -0.3 is 36.0 Å². The summed E-state index contributed by atoms with van der Waals surface area (Å²) in [7, 11) is -19.6. The van der Waals surface area contributed by atoms with E-state index in [0.717, 1.165) is 61.7 Å². The summed E-state index contributed by atoms with van der Waals surface area (Å²) >= 11 is 0. The van der Waals surface area contributed by atoms with Crippen LogP contribution in [0.1, 0.15) is 21.5 Å². The molecular weight excluding hydrogens is 1250 g/mol. The van der Waals surface area contributed by atoms with Crippen molar-refractivity contribution in [1.82, 2.24) is 0 Å². The monoisotopic (exact) mass is 1280 g/mol. The number of aromatic carboxylic acids is 1. The Labute approximate surface area is 592 Å². The van der Waals surface area contributed by atoms with Gasteiger partial charge in [0.05, 0.1) is 50.7 Å². The van der Waals surface area contributed by atoms with Crippen molar-refractivity contribution in [1.29, 1.82) is 0 Å². The largest absolute Gasteiger partial charge is 0.507 e. The van der Waals surface area contributed by atoms with E-state index in [0.29, 0.717) is 18.2 Å². The second-order valence-electron chi connectivity index (χ2n) is 16.5. The number of hydrogen-bond donors (Lipinski definition) is 10. The summed E-state index contributed by atoms with van der Waals surface area (Å²) in [5.41, 5.74) is 2.57. The van der Waals surface area contributed by atoms with Crippen LogP contribution in [-0.4, -0.2) is 250 Å². The van der Waals surface area contributed by atoms with E-state index in [1.54, 1.807) is 0 Å². The standard InChI is InChI=1S/C48H35N9O19S4.5Na/c1-76-39-22-36(55-54-35-12-8-27(19-40(35)79(70,71)72)50-46(60)24-5-3-7-28(15-24)52-53-29-9-13-38(58)34(18-29)48(62)63)33-20-30(77(64,65)66)10-11-32(33)43(39)56-57-44-41(80(73,74)75)17-25-16-31(78(67,68)69)21-37(42(25)45(44)59)51-47(61)23-4-2-6-26(49)14-23;;;;;/h2-22,58-59H,49H2,1H3,(H,50,60)(H,51,61)(H,62,63)(H,64,65,66)(H,67,68,69)(H,70,71,72)(H,73,74,75);;;;;. The number of nitrogens with two attached hydrogens (primary N) is 1. The summed E-state index contributed by atoms with van der Waals surface area (Å²) in [5, 5.41) is 75.3. The van der Waals surface area contributed by atoms with E-state index < -0.39 is 128 Å². The number of anilines is 1. The van der Waals surface area contributed by atoms with Crippen molar-refractivity contribution < 1.29 is 86.9 Å². The Balaban J connectivity index is 0.00000378. The first-order valence-electron chi connectivity index (χ1n) is 21.9. The summed E-state index contributed by atoms with van der Waals surface area (Å²) in [5.74, 6) is -4.88. The molecule has 0 aliphatic rings. The van der Waals surface area contributed by atoms with Crippen LogP contribution in [-0.2, 0) is 40.5 Å². The number of nitrogens with zero attached hydrogens (tertiary/aromatic N) is 8. The van der Waals surface area contributed by atoms with Gasteiger partial charge in [-0.2, -0.15) is 43.9 Å². The van der Waals surface area contributed by atoms with Gasteiger partial charge >= 0.3 is 5.97 Å². The molecule has 0 aliphatic carbocycles. The summed E-state index contributed by atoms with van der Waals surface area (Å²) < 4.78 is 147. The van der Waals surface area contributed by atoms with Crippen LogP contribution >= 0.6 is 0 Å². The van der Waals surface area contributed by atoms with E-state index in [4.69, 9.17) is 10.5 Å². The van der Waals surface area contributed by atoms with Gasteiger partial charge in [-0.3, -0.25) is 18.2 Å². The van der Waals surface area contributed by atoms with Crippen LogP contribution in [0.25, 0.3) is 21.5 Å². The van der Waals surface area contributed by atoms with Crippen LogP contribution in [0.2, 0.25) is 0 Å². The Kier molecular flexibility index (Phi) is 26.3. The maximum Gasteiger partial charge on any atom is 0.339 e. The second-order valence-corrected chi connectivity index (χ2v) is 22.1. The van der Waals surface area contributed by atoms with Crippen molar-refractivity contribution in [2.24, 2.45) is 40.7 Å². The number of phenols is 2. The molecule has 0 saturated heterocycles. The van der Waals surface area contributed by atoms with Crippen LogP contribution < -0.4 is 10.5 Å². The van der Waals surface area contributed by atoms with Crippen molar-refractivity contribution in [3.05, 3.63) is 144 Å². The van der Waals surface area contributed by atoms with Gasteiger partial charge in [0.15, 0.2) is 5.75 Å². The molecule has 0 fully saturated rings. The van der Waals surface area contributed by atoms with Crippen LogP contribution in [0, 0.1) is 0 Å². The number of aliphatic hydroxyl groups excluding tert-OH is 2. The zero-order valence-electron chi connectivity index (χ0n) is 45.0. The number of rotatable bonds is 16. The molecule has 8 aromatic rings. The Hall–Kier alpha value is -4.67. The third kappa shape index (κ3) is 17.8. The van der Waals surface area contributed by atoms with Gasteiger partial charge in [-0.05, 0) is 109 Å². The average molecular weight is 1290 g/mol. The minimum atomic E-state index is -5.44. The summed E-state index contributed by atoms with van der Waals surface area (Å²) in [4.78, 5) is 15.7. The molecule has 28 nitrogen and oxygen atoms in total. The fraction of sp³-hybridized carbons (Fsp3) is 0.0208. The number of aliphatic imine (C=N–C) groups is 2. The smallest absolute Gasteiger partial charge is 0.339 e. The van der Waals surface area contributed by atoms with E-state index in [1.165, 1.54) is 54.6 Å². The van der Waals surface area contributed by atoms with Crippen LogP contribution in [0.3, 0.4) is 0 Å². The molecule has 0 heterocycles. The SMILES string of the molecule is COc1cc(N=Nc2ccc(N=C(O)c3cccc(N=Nc4ccc(O)c(C(=O)O)c4)c3)cc2S(=O)(=O)O)c2cc(S(=O)(=O)O)ccc2c1N=Nc1c(S(=O)(=O)O)cc2cc(S(=O)(=O)O)cc(N=C(O)c3cccc(N)c3)c2c1O.[Na].[Na].[Na].[Na].[Na]. The van der Waals surface area contributed by atoms with Crippen molar-refractivity contribution in [2.75, 3.05) is 12.8 Å². The Morgan fingerprint density at radius 3 is 1.66 bits per heavy atom. The fourth-order valence-electron chi connectivity index (χ4n) is 7.51. The molecule has 37 heteroatoms. The number of benzene rings is 8. The molecule has 0 spiro atoms. The van der Waals surface area contributed by atoms with Gasteiger partial charge in [-0.25, -0.2) is 14.8 Å². The fourth-order valence-corrected chi connectivity index (χ4v) is 9.85. The van der Waals surface area contributed by atoms with Crippen LogP contribution in [0.4, 0.5) is 51.2 Å². The first-order chi connectivity index (χ1) is 37.5. The van der Waals surface area contributed by atoms with E-state index in [9.17, 15) is 82.2 Å².